The summed E-state index contributed by atoms with van der Waals surface area (Å²) >= 11 is 17.7. The molecular weight excluding hydrogens is 363 g/mol. The Kier molecular flexibility index (Phi) is 9.72. The second-order valence-electron chi connectivity index (χ2n) is 4.94. The van der Waals surface area contributed by atoms with Gasteiger partial charge in [0.05, 0.1) is 21.7 Å². The van der Waals surface area contributed by atoms with Gasteiger partial charge in [-0.3, -0.25) is 0 Å². The molecule has 0 N–H and O–H groups in total. The first-order valence-electron chi connectivity index (χ1n) is 7.51. The van der Waals surface area contributed by atoms with E-state index in [-0.39, 0.29) is 17.4 Å². The number of carbonyl (C=O) groups excluding carboxylic acids is 1. The van der Waals surface area contributed by atoms with Gasteiger partial charge in [0.25, 0.3) is 0 Å². The van der Waals surface area contributed by atoms with Crippen molar-refractivity contribution in [2.45, 2.75) is 39.2 Å². The molecule has 1 rings (SSSR count). The summed E-state index contributed by atoms with van der Waals surface area (Å²) in [5.74, 6) is -0.186. The standard InChI is InChI=1S/C16H21Cl3O4/c1-3-4-6-21-7-5-8-22-16(20)11(2)23-15-10-13(18)12(17)9-14(15)19/h9-11H,3-8H2,1-2H3. The zero-order valence-corrected chi connectivity index (χ0v) is 15.5. The third kappa shape index (κ3) is 7.62. The predicted molar refractivity (Wildman–Crippen MR) is 92.9 cm³/mol. The Bertz CT molecular complexity index is 508. The molecule has 0 bridgehead atoms. The fraction of sp³-hybridized carbons (Fsp3) is 0.562. The van der Waals surface area contributed by atoms with Crippen LogP contribution in [-0.2, 0) is 14.3 Å². The van der Waals surface area contributed by atoms with Crippen molar-refractivity contribution in [3.8, 4) is 5.75 Å². The molecule has 0 amide bonds. The second-order valence-corrected chi connectivity index (χ2v) is 6.17. The van der Waals surface area contributed by atoms with Crippen LogP contribution in [0.3, 0.4) is 0 Å². The zero-order chi connectivity index (χ0) is 17.2. The molecule has 130 valence electrons. The van der Waals surface area contributed by atoms with Crippen molar-refractivity contribution in [2.75, 3.05) is 19.8 Å². The van der Waals surface area contributed by atoms with Crippen LogP contribution in [0.15, 0.2) is 12.1 Å². The number of carbonyl (C=O) groups is 1. The van der Waals surface area contributed by atoms with Gasteiger partial charge in [-0.25, -0.2) is 4.79 Å². The molecule has 0 aromatic heterocycles. The Hall–Kier alpha value is -0.680. The molecule has 0 fully saturated rings. The molecule has 1 aromatic rings. The summed E-state index contributed by atoms with van der Waals surface area (Å²) < 4.78 is 16.0. The summed E-state index contributed by atoms with van der Waals surface area (Å²) in [6.07, 6.45) is 1.98. The Morgan fingerprint density at radius 2 is 1.70 bits per heavy atom. The molecular formula is C16H21Cl3O4. The molecule has 0 heterocycles. The van der Waals surface area contributed by atoms with Crippen molar-refractivity contribution in [3.05, 3.63) is 27.2 Å². The normalized spacial score (nSPS) is 12.0. The van der Waals surface area contributed by atoms with Gasteiger partial charge in [0.15, 0.2) is 6.10 Å². The van der Waals surface area contributed by atoms with Gasteiger partial charge in [0, 0.05) is 25.7 Å². The summed E-state index contributed by atoms with van der Waals surface area (Å²) in [6.45, 7) is 5.28. The molecule has 0 saturated heterocycles. The summed E-state index contributed by atoms with van der Waals surface area (Å²) in [7, 11) is 0. The minimum absolute atomic E-state index is 0.281. The van der Waals surface area contributed by atoms with Gasteiger partial charge in [-0.05, 0) is 19.4 Å². The van der Waals surface area contributed by atoms with E-state index in [1.165, 1.54) is 12.1 Å². The van der Waals surface area contributed by atoms with Crippen LogP contribution in [0.1, 0.15) is 33.1 Å². The van der Waals surface area contributed by atoms with Crippen molar-refractivity contribution in [1.29, 1.82) is 0 Å². The van der Waals surface area contributed by atoms with Crippen LogP contribution >= 0.6 is 34.8 Å². The molecule has 1 unspecified atom stereocenters. The van der Waals surface area contributed by atoms with E-state index in [1.54, 1.807) is 6.92 Å². The van der Waals surface area contributed by atoms with Gasteiger partial charge in [0.2, 0.25) is 0 Å². The Morgan fingerprint density at radius 1 is 1.04 bits per heavy atom. The number of halogens is 3. The highest BCUT2D eigenvalue weighted by Gasteiger charge is 2.18. The molecule has 0 radical (unpaired) electrons. The van der Waals surface area contributed by atoms with Crippen LogP contribution < -0.4 is 4.74 Å². The first-order chi connectivity index (χ1) is 11.0. The molecule has 7 heteroatoms. The smallest absolute Gasteiger partial charge is 0.347 e. The van der Waals surface area contributed by atoms with Gasteiger partial charge in [-0.15, -0.1) is 0 Å². The average Bonchev–Trinajstić information content (AvgIpc) is 2.51. The van der Waals surface area contributed by atoms with Gasteiger partial charge >= 0.3 is 5.97 Å². The number of hydrogen-bond donors (Lipinski definition) is 0. The van der Waals surface area contributed by atoms with E-state index in [0.717, 1.165) is 19.4 Å². The highest BCUT2D eigenvalue weighted by molar-refractivity contribution is 6.43. The number of hydrogen-bond acceptors (Lipinski definition) is 4. The van der Waals surface area contributed by atoms with Crippen molar-refractivity contribution >= 4 is 40.8 Å². The fourth-order valence-electron chi connectivity index (χ4n) is 1.63. The summed E-state index contributed by atoms with van der Waals surface area (Å²) in [6, 6.07) is 2.93. The monoisotopic (exact) mass is 382 g/mol. The average molecular weight is 384 g/mol. The highest BCUT2D eigenvalue weighted by Crippen LogP contribution is 2.34. The van der Waals surface area contributed by atoms with Crippen LogP contribution in [0.25, 0.3) is 0 Å². The molecule has 1 atom stereocenters. The lowest BCUT2D eigenvalue weighted by Crippen LogP contribution is -2.26. The van der Waals surface area contributed by atoms with Gasteiger partial charge < -0.3 is 14.2 Å². The number of benzene rings is 1. The van der Waals surface area contributed by atoms with Crippen LogP contribution in [0, 0.1) is 0 Å². The minimum atomic E-state index is -0.800. The van der Waals surface area contributed by atoms with E-state index < -0.39 is 12.1 Å². The van der Waals surface area contributed by atoms with E-state index >= 15 is 0 Å². The summed E-state index contributed by atoms with van der Waals surface area (Å²) in [5, 5.41) is 0.904. The SMILES string of the molecule is CCCCOCCCOC(=O)C(C)Oc1cc(Cl)c(Cl)cc1Cl. The second kappa shape index (κ2) is 11.0. The van der Waals surface area contributed by atoms with E-state index in [2.05, 4.69) is 6.92 Å². The lowest BCUT2D eigenvalue weighted by Gasteiger charge is -2.15. The Morgan fingerprint density at radius 3 is 2.39 bits per heavy atom. The van der Waals surface area contributed by atoms with Gasteiger partial charge in [0.1, 0.15) is 5.75 Å². The third-order valence-electron chi connectivity index (χ3n) is 2.93. The largest absolute Gasteiger partial charge is 0.477 e. The molecule has 0 spiro atoms. The lowest BCUT2D eigenvalue weighted by molar-refractivity contribution is -0.151. The van der Waals surface area contributed by atoms with Gasteiger partial charge in [-0.2, -0.15) is 0 Å². The molecule has 0 aliphatic rings. The Balaban J connectivity index is 2.33. The fourth-order valence-corrected chi connectivity index (χ4v) is 2.21. The molecule has 0 aliphatic heterocycles. The van der Waals surface area contributed by atoms with E-state index in [4.69, 9.17) is 49.0 Å². The van der Waals surface area contributed by atoms with Crippen LogP contribution in [0.5, 0.6) is 5.75 Å². The molecule has 4 nitrogen and oxygen atoms in total. The van der Waals surface area contributed by atoms with Crippen molar-refractivity contribution in [2.24, 2.45) is 0 Å². The summed E-state index contributed by atoms with van der Waals surface area (Å²) in [4.78, 5) is 11.9. The predicted octanol–water partition coefficient (Wildman–Crippen LogP) is 5.16. The van der Waals surface area contributed by atoms with Crippen LogP contribution in [0.4, 0.5) is 0 Å². The van der Waals surface area contributed by atoms with E-state index in [1.807, 2.05) is 0 Å². The molecule has 0 aliphatic carbocycles. The first kappa shape index (κ1) is 20.4. The van der Waals surface area contributed by atoms with E-state index in [0.29, 0.717) is 23.1 Å². The lowest BCUT2D eigenvalue weighted by atomic mass is 10.3. The molecule has 23 heavy (non-hydrogen) atoms. The third-order valence-corrected chi connectivity index (χ3v) is 3.95. The maximum Gasteiger partial charge on any atom is 0.347 e. The topological polar surface area (TPSA) is 44.8 Å². The molecule has 0 saturated carbocycles. The van der Waals surface area contributed by atoms with Crippen LogP contribution in [0.2, 0.25) is 15.1 Å². The van der Waals surface area contributed by atoms with E-state index in [9.17, 15) is 4.79 Å². The zero-order valence-electron chi connectivity index (χ0n) is 13.2. The molecule has 1 aromatic carbocycles. The number of ether oxygens (including phenoxy) is 3. The van der Waals surface area contributed by atoms with Crippen molar-refractivity contribution in [3.63, 3.8) is 0 Å². The van der Waals surface area contributed by atoms with Crippen molar-refractivity contribution < 1.29 is 19.0 Å². The number of esters is 1. The quantitative estimate of drug-likeness (QED) is 0.318. The number of unbranched alkanes of at least 4 members (excludes halogenated alkanes) is 1. The first-order valence-corrected chi connectivity index (χ1v) is 8.64. The van der Waals surface area contributed by atoms with Crippen LogP contribution in [-0.4, -0.2) is 31.9 Å². The van der Waals surface area contributed by atoms with Gasteiger partial charge in [-0.1, -0.05) is 48.1 Å². The minimum Gasteiger partial charge on any atom is -0.477 e. The Labute approximate surface area is 151 Å². The summed E-state index contributed by atoms with van der Waals surface area (Å²) in [5.41, 5.74) is 0. The number of rotatable bonds is 10. The maximum absolute atomic E-state index is 11.9. The highest BCUT2D eigenvalue weighted by atomic mass is 35.5. The maximum atomic E-state index is 11.9. The van der Waals surface area contributed by atoms with Crippen molar-refractivity contribution in [1.82, 2.24) is 0 Å².